The molecular formula is C15H16N2O. The zero-order chi connectivity index (χ0) is 13.2. The Morgan fingerprint density at radius 2 is 1.83 bits per heavy atom. The highest BCUT2D eigenvalue weighted by Gasteiger charge is 2.48. The summed E-state index contributed by atoms with van der Waals surface area (Å²) < 4.78 is 5.64. The Morgan fingerprint density at radius 3 is 2.22 bits per heavy atom. The lowest BCUT2D eigenvalue weighted by Crippen LogP contribution is -2.52. The van der Waals surface area contributed by atoms with E-state index in [9.17, 15) is 0 Å². The molecule has 0 saturated carbocycles. The van der Waals surface area contributed by atoms with E-state index in [0.717, 1.165) is 5.56 Å². The molecule has 0 bridgehead atoms. The Bertz CT molecular complexity index is 481. The topological polar surface area (TPSA) is 56.8 Å². The normalized spacial score (nSPS) is 22.6. The lowest BCUT2D eigenvalue weighted by atomic mass is 9.69. The first-order chi connectivity index (χ1) is 8.60. The highest BCUT2D eigenvalue weighted by molar-refractivity contribution is 5.28. The molecule has 0 N–H and O–H groups in total. The molecule has 3 heteroatoms. The fourth-order valence-electron chi connectivity index (χ4n) is 2.51. The molecule has 3 nitrogen and oxygen atoms in total. The van der Waals surface area contributed by atoms with Crippen LogP contribution in [-0.2, 0) is 4.74 Å². The molecule has 1 aliphatic rings. The van der Waals surface area contributed by atoms with Gasteiger partial charge in [-0.1, -0.05) is 44.2 Å². The number of hydrogen-bond acceptors (Lipinski definition) is 3. The molecule has 1 aromatic carbocycles. The van der Waals surface area contributed by atoms with E-state index in [2.05, 4.69) is 26.0 Å². The zero-order valence-electron chi connectivity index (χ0n) is 10.6. The summed E-state index contributed by atoms with van der Waals surface area (Å²) in [5, 5.41) is 18.3. The minimum atomic E-state index is -0.669. The lowest BCUT2D eigenvalue weighted by molar-refractivity contribution is -0.181. The Kier molecular flexibility index (Phi) is 3.36. The summed E-state index contributed by atoms with van der Waals surface area (Å²) in [5.41, 5.74) is 1.02. The maximum Gasteiger partial charge on any atom is 0.142 e. The third kappa shape index (κ3) is 2.10. The van der Waals surface area contributed by atoms with Gasteiger partial charge < -0.3 is 4.74 Å². The van der Waals surface area contributed by atoms with Crippen molar-refractivity contribution in [1.82, 2.24) is 0 Å². The monoisotopic (exact) mass is 240 g/mol. The van der Waals surface area contributed by atoms with Crippen LogP contribution in [0.25, 0.3) is 0 Å². The first kappa shape index (κ1) is 12.6. The predicted molar refractivity (Wildman–Crippen MR) is 67.4 cm³/mol. The van der Waals surface area contributed by atoms with Crippen LogP contribution < -0.4 is 0 Å². The van der Waals surface area contributed by atoms with Crippen molar-refractivity contribution in [1.29, 1.82) is 10.5 Å². The number of nitrogens with zero attached hydrogens (tertiary/aromatic N) is 2. The molecule has 1 aliphatic heterocycles. The molecule has 92 valence electrons. The van der Waals surface area contributed by atoms with Gasteiger partial charge in [-0.3, -0.25) is 0 Å². The van der Waals surface area contributed by atoms with Gasteiger partial charge in [0.1, 0.15) is 5.92 Å². The smallest absolute Gasteiger partial charge is 0.142 e. The Balaban J connectivity index is 2.37. The molecule has 1 fully saturated rings. The fraction of sp³-hybridized carbons (Fsp3) is 0.467. The van der Waals surface area contributed by atoms with E-state index in [0.29, 0.717) is 6.61 Å². The molecule has 1 saturated heterocycles. The van der Waals surface area contributed by atoms with Crippen LogP contribution in [-0.4, -0.2) is 12.7 Å². The highest BCUT2D eigenvalue weighted by atomic mass is 16.5. The van der Waals surface area contributed by atoms with E-state index in [4.69, 9.17) is 15.3 Å². The van der Waals surface area contributed by atoms with Gasteiger partial charge in [0.25, 0.3) is 0 Å². The van der Waals surface area contributed by atoms with Gasteiger partial charge in [-0.15, -0.1) is 0 Å². The molecule has 1 aromatic rings. The fourth-order valence-corrected chi connectivity index (χ4v) is 2.51. The molecular weight excluding hydrogens is 224 g/mol. The van der Waals surface area contributed by atoms with Crippen molar-refractivity contribution in [2.45, 2.75) is 25.9 Å². The molecule has 0 radical (unpaired) electrons. The number of hydrogen-bond donors (Lipinski definition) is 0. The van der Waals surface area contributed by atoms with Crippen LogP contribution in [0.3, 0.4) is 0 Å². The van der Waals surface area contributed by atoms with Crippen molar-refractivity contribution in [3.05, 3.63) is 35.9 Å². The minimum Gasteiger partial charge on any atom is -0.376 e. The minimum absolute atomic E-state index is 0.0203. The van der Waals surface area contributed by atoms with E-state index in [1.807, 2.05) is 30.3 Å². The number of ether oxygens (including phenoxy) is 1. The second kappa shape index (κ2) is 4.80. The van der Waals surface area contributed by atoms with Crippen LogP contribution in [0.15, 0.2) is 30.3 Å². The lowest BCUT2D eigenvalue weighted by Gasteiger charge is -2.48. The standard InChI is InChI=1S/C15H16N2O/c1-15(2)10-18-14(15)13(12(8-16)9-17)11-6-4-3-5-7-11/h3-7,12-14H,10H2,1-2H3. The SMILES string of the molecule is CC1(C)COC1C(c1ccccc1)C(C#N)C#N. The quantitative estimate of drug-likeness (QED) is 0.816. The van der Waals surface area contributed by atoms with E-state index >= 15 is 0 Å². The van der Waals surface area contributed by atoms with Gasteiger partial charge in [-0.05, 0) is 5.56 Å². The van der Waals surface area contributed by atoms with E-state index < -0.39 is 5.92 Å². The number of rotatable bonds is 3. The molecule has 0 amide bonds. The van der Waals surface area contributed by atoms with Crippen LogP contribution in [0.5, 0.6) is 0 Å². The Labute approximate surface area is 108 Å². The number of benzene rings is 1. The van der Waals surface area contributed by atoms with Gasteiger partial charge in [0.2, 0.25) is 0 Å². The van der Waals surface area contributed by atoms with Crippen molar-refractivity contribution >= 4 is 0 Å². The first-order valence-corrected chi connectivity index (χ1v) is 6.06. The van der Waals surface area contributed by atoms with Crippen molar-refractivity contribution in [2.75, 3.05) is 6.61 Å². The second-order valence-corrected chi connectivity index (χ2v) is 5.39. The van der Waals surface area contributed by atoms with Crippen LogP contribution in [0.4, 0.5) is 0 Å². The number of nitriles is 2. The van der Waals surface area contributed by atoms with E-state index in [1.165, 1.54) is 0 Å². The van der Waals surface area contributed by atoms with Crippen molar-refractivity contribution in [3.8, 4) is 12.1 Å². The van der Waals surface area contributed by atoms with Gasteiger partial charge in [-0.2, -0.15) is 10.5 Å². The average molecular weight is 240 g/mol. The summed E-state index contributed by atoms with van der Waals surface area (Å²) >= 11 is 0. The van der Waals surface area contributed by atoms with Gasteiger partial charge in [-0.25, -0.2) is 0 Å². The average Bonchev–Trinajstić information content (AvgIpc) is 2.38. The maximum atomic E-state index is 9.17. The maximum absolute atomic E-state index is 9.17. The molecule has 2 rings (SSSR count). The highest BCUT2D eigenvalue weighted by Crippen LogP contribution is 2.45. The summed E-state index contributed by atoms with van der Waals surface area (Å²) in [6.07, 6.45) is -0.0656. The van der Waals surface area contributed by atoms with Gasteiger partial charge in [0.05, 0.1) is 24.8 Å². The summed E-state index contributed by atoms with van der Waals surface area (Å²) in [7, 11) is 0. The van der Waals surface area contributed by atoms with E-state index in [1.54, 1.807) is 0 Å². The molecule has 2 atom stereocenters. The Morgan fingerprint density at radius 1 is 1.22 bits per heavy atom. The molecule has 0 aliphatic carbocycles. The predicted octanol–water partition coefficient (Wildman–Crippen LogP) is 2.86. The molecule has 0 aromatic heterocycles. The van der Waals surface area contributed by atoms with Gasteiger partial charge in [0, 0.05) is 11.3 Å². The van der Waals surface area contributed by atoms with Crippen LogP contribution in [0, 0.1) is 34.0 Å². The summed E-state index contributed by atoms with van der Waals surface area (Å²) in [6.45, 7) is 4.91. The molecule has 1 heterocycles. The van der Waals surface area contributed by atoms with Crippen molar-refractivity contribution in [3.63, 3.8) is 0 Å². The molecule has 2 unspecified atom stereocenters. The van der Waals surface area contributed by atoms with Crippen molar-refractivity contribution < 1.29 is 4.74 Å². The van der Waals surface area contributed by atoms with Crippen LogP contribution >= 0.6 is 0 Å². The summed E-state index contributed by atoms with van der Waals surface area (Å²) in [6, 6.07) is 13.9. The first-order valence-electron chi connectivity index (χ1n) is 6.06. The zero-order valence-corrected chi connectivity index (χ0v) is 10.6. The third-order valence-electron chi connectivity index (χ3n) is 3.55. The largest absolute Gasteiger partial charge is 0.376 e. The molecule has 0 spiro atoms. The summed E-state index contributed by atoms with van der Waals surface area (Å²) in [5.74, 6) is -0.845. The Hall–Kier alpha value is -1.84. The second-order valence-electron chi connectivity index (χ2n) is 5.39. The van der Waals surface area contributed by atoms with Crippen molar-refractivity contribution in [2.24, 2.45) is 11.3 Å². The third-order valence-corrected chi connectivity index (χ3v) is 3.55. The van der Waals surface area contributed by atoms with Crippen LogP contribution in [0.2, 0.25) is 0 Å². The van der Waals surface area contributed by atoms with E-state index in [-0.39, 0.29) is 17.4 Å². The molecule has 18 heavy (non-hydrogen) atoms. The van der Waals surface area contributed by atoms with Crippen LogP contribution in [0.1, 0.15) is 25.3 Å². The summed E-state index contributed by atoms with van der Waals surface area (Å²) in [4.78, 5) is 0. The van der Waals surface area contributed by atoms with Gasteiger partial charge >= 0.3 is 0 Å². The van der Waals surface area contributed by atoms with Gasteiger partial charge in [0.15, 0.2) is 0 Å².